The first kappa shape index (κ1) is 16.4. The first-order valence-corrected chi connectivity index (χ1v) is 8.00. The van der Waals surface area contributed by atoms with Gasteiger partial charge in [-0.15, -0.1) is 0 Å². The Hall–Kier alpha value is -2.41. The zero-order valence-electron chi connectivity index (χ0n) is 13.2. The lowest BCUT2D eigenvalue weighted by molar-refractivity contribution is -0.138. The van der Waals surface area contributed by atoms with Crippen LogP contribution in [0.3, 0.4) is 0 Å². The SMILES string of the molecule is O=C(O)CC1(NC(=O)c2ccc(NC(=O)C3CC3)cc2)CCOC1. The Morgan fingerprint density at radius 2 is 1.92 bits per heavy atom. The topological polar surface area (TPSA) is 105 Å². The number of benzene rings is 1. The Labute approximate surface area is 139 Å². The molecule has 0 spiro atoms. The van der Waals surface area contributed by atoms with Gasteiger partial charge in [-0.2, -0.15) is 0 Å². The van der Waals surface area contributed by atoms with Crippen molar-refractivity contribution in [2.45, 2.75) is 31.2 Å². The minimum absolute atomic E-state index is 0.00992. The number of ether oxygens (including phenoxy) is 1. The van der Waals surface area contributed by atoms with Gasteiger partial charge in [-0.25, -0.2) is 0 Å². The molecule has 1 aromatic rings. The van der Waals surface area contributed by atoms with Gasteiger partial charge < -0.3 is 20.5 Å². The molecule has 1 saturated carbocycles. The summed E-state index contributed by atoms with van der Waals surface area (Å²) in [5, 5.41) is 14.7. The van der Waals surface area contributed by atoms with E-state index in [1.807, 2.05) is 0 Å². The summed E-state index contributed by atoms with van der Waals surface area (Å²) in [7, 11) is 0. The number of carbonyl (C=O) groups is 3. The maximum absolute atomic E-state index is 12.4. The zero-order chi connectivity index (χ0) is 17.2. The summed E-state index contributed by atoms with van der Waals surface area (Å²) in [6.07, 6.45) is 2.16. The summed E-state index contributed by atoms with van der Waals surface area (Å²) in [5.41, 5.74) is 0.200. The Morgan fingerprint density at radius 3 is 2.46 bits per heavy atom. The second-order valence-electron chi connectivity index (χ2n) is 6.45. The van der Waals surface area contributed by atoms with Gasteiger partial charge in [0.25, 0.3) is 5.91 Å². The molecular formula is C17H20N2O5. The highest BCUT2D eigenvalue weighted by Crippen LogP contribution is 2.30. The molecule has 1 saturated heterocycles. The van der Waals surface area contributed by atoms with Crippen LogP contribution in [-0.4, -0.2) is 41.6 Å². The molecule has 2 amide bonds. The molecule has 1 heterocycles. The Bertz CT molecular complexity index is 645. The monoisotopic (exact) mass is 332 g/mol. The molecule has 3 rings (SSSR count). The first-order chi connectivity index (χ1) is 11.5. The third kappa shape index (κ3) is 3.91. The predicted molar refractivity (Wildman–Crippen MR) is 85.7 cm³/mol. The highest BCUT2D eigenvalue weighted by atomic mass is 16.5. The van der Waals surface area contributed by atoms with Gasteiger partial charge in [-0.1, -0.05) is 0 Å². The van der Waals surface area contributed by atoms with Gasteiger partial charge in [0.15, 0.2) is 0 Å². The minimum Gasteiger partial charge on any atom is -0.481 e. The van der Waals surface area contributed by atoms with Crippen LogP contribution in [0.25, 0.3) is 0 Å². The molecule has 1 aliphatic carbocycles. The number of carboxylic acid groups (broad SMARTS) is 1. The molecule has 1 unspecified atom stereocenters. The van der Waals surface area contributed by atoms with Crippen LogP contribution in [0.2, 0.25) is 0 Å². The summed E-state index contributed by atoms with van der Waals surface area (Å²) in [6, 6.07) is 6.57. The van der Waals surface area contributed by atoms with Crippen molar-refractivity contribution in [3.63, 3.8) is 0 Å². The van der Waals surface area contributed by atoms with Crippen molar-refractivity contribution in [1.29, 1.82) is 0 Å². The number of aliphatic carboxylic acids is 1. The van der Waals surface area contributed by atoms with Crippen molar-refractivity contribution in [3.05, 3.63) is 29.8 Å². The third-order valence-corrected chi connectivity index (χ3v) is 4.33. The molecule has 1 aliphatic heterocycles. The highest BCUT2D eigenvalue weighted by molar-refractivity contribution is 5.97. The summed E-state index contributed by atoms with van der Waals surface area (Å²) in [4.78, 5) is 35.1. The molecule has 2 aliphatic rings. The largest absolute Gasteiger partial charge is 0.481 e. The van der Waals surface area contributed by atoms with E-state index in [9.17, 15) is 14.4 Å². The van der Waals surface area contributed by atoms with Crippen molar-refractivity contribution in [2.24, 2.45) is 5.92 Å². The van der Waals surface area contributed by atoms with Gasteiger partial charge in [-0.3, -0.25) is 14.4 Å². The lowest BCUT2D eigenvalue weighted by Crippen LogP contribution is -2.50. The van der Waals surface area contributed by atoms with E-state index in [4.69, 9.17) is 9.84 Å². The van der Waals surface area contributed by atoms with Crippen LogP contribution in [0.5, 0.6) is 0 Å². The molecule has 1 aromatic carbocycles. The minimum atomic E-state index is -0.973. The number of amides is 2. The molecule has 3 N–H and O–H groups in total. The molecule has 2 fully saturated rings. The van der Waals surface area contributed by atoms with E-state index in [0.29, 0.717) is 24.3 Å². The highest BCUT2D eigenvalue weighted by Gasteiger charge is 2.38. The average molecular weight is 332 g/mol. The second kappa shape index (κ2) is 6.60. The number of hydrogen-bond donors (Lipinski definition) is 3. The van der Waals surface area contributed by atoms with Crippen LogP contribution in [0, 0.1) is 5.92 Å². The standard InChI is InChI=1S/C17H20N2O5/c20-14(21)9-17(7-8-24-10-17)19-16(23)12-3-5-13(6-4-12)18-15(22)11-1-2-11/h3-6,11H,1-2,7-10H2,(H,18,22)(H,19,23)(H,20,21). The number of hydrogen-bond acceptors (Lipinski definition) is 4. The third-order valence-electron chi connectivity index (χ3n) is 4.33. The van der Waals surface area contributed by atoms with Crippen molar-refractivity contribution >= 4 is 23.5 Å². The van der Waals surface area contributed by atoms with Gasteiger partial charge in [0.1, 0.15) is 0 Å². The molecule has 128 valence electrons. The molecule has 7 nitrogen and oxygen atoms in total. The van der Waals surface area contributed by atoms with Crippen LogP contribution in [0.15, 0.2) is 24.3 Å². The fourth-order valence-corrected chi connectivity index (χ4v) is 2.79. The molecular weight excluding hydrogens is 312 g/mol. The van der Waals surface area contributed by atoms with Crippen LogP contribution in [-0.2, 0) is 14.3 Å². The van der Waals surface area contributed by atoms with Gasteiger partial charge in [0, 0.05) is 23.8 Å². The van der Waals surface area contributed by atoms with Crippen LogP contribution >= 0.6 is 0 Å². The smallest absolute Gasteiger partial charge is 0.305 e. The molecule has 7 heteroatoms. The zero-order valence-corrected chi connectivity index (χ0v) is 13.2. The van der Waals surface area contributed by atoms with Crippen LogP contribution in [0.4, 0.5) is 5.69 Å². The first-order valence-electron chi connectivity index (χ1n) is 8.00. The average Bonchev–Trinajstić information content (AvgIpc) is 3.29. The van der Waals surface area contributed by atoms with Gasteiger partial charge in [-0.05, 0) is 43.5 Å². The Morgan fingerprint density at radius 1 is 1.21 bits per heavy atom. The Balaban J connectivity index is 1.63. The fraction of sp³-hybridized carbons (Fsp3) is 0.471. The van der Waals surface area contributed by atoms with Gasteiger partial charge >= 0.3 is 5.97 Å². The number of anilines is 1. The van der Waals surface area contributed by atoms with E-state index in [1.165, 1.54) is 0 Å². The van der Waals surface area contributed by atoms with Crippen molar-refractivity contribution in [2.75, 3.05) is 18.5 Å². The molecule has 0 aromatic heterocycles. The lowest BCUT2D eigenvalue weighted by Gasteiger charge is -2.27. The maximum Gasteiger partial charge on any atom is 0.305 e. The predicted octanol–water partition coefficient (Wildman–Crippen LogP) is 1.40. The van der Waals surface area contributed by atoms with Crippen LogP contribution in [0.1, 0.15) is 36.0 Å². The second-order valence-corrected chi connectivity index (χ2v) is 6.45. The van der Waals surface area contributed by atoms with Crippen LogP contribution < -0.4 is 10.6 Å². The van der Waals surface area contributed by atoms with Crippen molar-refractivity contribution < 1.29 is 24.2 Å². The number of carbonyl (C=O) groups excluding carboxylic acids is 2. The normalized spacial score (nSPS) is 22.8. The van der Waals surface area contributed by atoms with E-state index in [-0.39, 0.29) is 30.8 Å². The molecule has 1 atom stereocenters. The van der Waals surface area contributed by atoms with Crippen molar-refractivity contribution in [3.8, 4) is 0 Å². The van der Waals surface area contributed by atoms with E-state index in [2.05, 4.69) is 10.6 Å². The molecule has 24 heavy (non-hydrogen) atoms. The lowest BCUT2D eigenvalue weighted by atomic mass is 9.93. The summed E-state index contributed by atoms with van der Waals surface area (Å²) >= 11 is 0. The van der Waals surface area contributed by atoms with Gasteiger partial charge in [0.2, 0.25) is 5.91 Å². The summed E-state index contributed by atoms with van der Waals surface area (Å²) in [5.74, 6) is -1.19. The number of carboxylic acids is 1. The van der Waals surface area contributed by atoms with E-state index in [1.54, 1.807) is 24.3 Å². The van der Waals surface area contributed by atoms with Crippen molar-refractivity contribution in [1.82, 2.24) is 5.32 Å². The summed E-state index contributed by atoms with van der Waals surface area (Å²) < 4.78 is 5.26. The van der Waals surface area contributed by atoms with E-state index < -0.39 is 11.5 Å². The molecule has 0 bridgehead atoms. The van der Waals surface area contributed by atoms with E-state index in [0.717, 1.165) is 12.8 Å². The fourth-order valence-electron chi connectivity index (χ4n) is 2.79. The molecule has 0 radical (unpaired) electrons. The number of nitrogens with one attached hydrogen (secondary N) is 2. The quantitative estimate of drug-likeness (QED) is 0.730. The maximum atomic E-state index is 12.4. The summed E-state index contributed by atoms with van der Waals surface area (Å²) in [6.45, 7) is 0.625. The number of rotatable bonds is 6. The van der Waals surface area contributed by atoms with E-state index >= 15 is 0 Å². The Kier molecular flexibility index (Phi) is 4.53. The van der Waals surface area contributed by atoms with Gasteiger partial charge in [0.05, 0.1) is 18.6 Å².